The van der Waals surface area contributed by atoms with E-state index >= 15 is 0 Å². The Morgan fingerprint density at radius 1 is 1.42 bits per heavy atom. The minimum Gasteiger partial charge on any atom is -0.398 e. The minimum absolute atomic E-state index is 0.0210. The summed E-state index contributed by atoms with van der Waals surface area (Å²) < 4.78 is 0. The van der Waals surface area contributed by atoms with Crippen molar-refractivity contribution in [2.24, 2.45) is 0 Å². The molecule has 0 atom stereocenters. The molecule has 7 heteroatoms. The van der Waals surface area contributed by atoms with Crippen LogP contribution < -0.4 is 16.4 Å². The number of amides is 3. The molecular formula is C12H16ClN3O2S. The van der Waals surface area contributed by atoms with Gasteiger partial charge in [0, 0.05) is 21.6 Å². The van der Waals surface area contributed by atoms with Crippen LogP contribution in [-0.2, 0) is 4.79 Å². The Hall–Kier alpha value is -1.40. The zero-order valence-electron chi connectivity index (χ0n) is 10.7. The molecule has 1 aromatic carbocycles. The molecule has 0 fully saturated rings. The highest BCUT2D eigenvalue weighted by Crippen LogP contribution is 2.27. The highest BCUT2D eigenvalue weighted by atomic mass is 35.5. The maximum Gasteiger partial charge on any atom is 0.321 e. The third-order valence-corrected chi connectivity index (χ3v) is 3.33. The summed E-state index contributed by atoms with van der Waals surface area (Å²) in [6.07, 6.45) is 0. The van der Waals surface area contributed by atoms with E-state index in [0.29, 0.717) is 10.7 Å². The monoisotopic (exact) mass is 301 g/mol. The molecule has 0 aromatic heterocycles. The van der Waals surface area contributed by atoms with Gasteiger partial charge in [-0.3, -0.25) is 10.1 Å². The van der Waals surface area contributed by atoms with Crippen LogP contribution in [0.5, 0.6) is 0 Å². The lowest BCUT2D eigenvalue weighted by molar-refractivity contribution is -0.117. The third-order valence-electron chi connectivity index (χ3n) is 2.00. The Bertz CT molecular complexity index is 480. The van der Waals surface area contributed by atoms with E-state index in [2.05, 4.69) is 10.6 Å². The van der Waals surface area contributed by atoms with Gasteiger partial charge in [0.2, 0.25) is 5.91 Å². The second kappa shape index (κ2) is 7.25. The van der Waals surface area contributed by atoms with Crippen LogP contribution in [-0.4, -0.2) is 23.7 Å². The second-order valence-electron chi connectivity index (χ2n) is 4.15. The topological polar surface area (TPSA) is 84.2 Å². The van der Waals surface area contributed by atoms with E-state index in [4.69, 9.17) is 17.3 Å². The van der Waals surface area contributed by atoms with E-state index in [1.807, 2.05) is 13.8 Å². The Labute approximate surface area is 121 Å². The van der Waals surface area contributed by atoms with Gasteiger partial charge in [0.1, 0.15) is 0 Å². The van der Waals surface area contributed by atoms with E-state index in [-0.39, 0.29) is 17.7 Å². The molecule has 5 nitrogen and oxygen atoms in total. The number of nitrogen functional groups attached to an aromatic ring is 1. The highest BCUT2D eigenvalue weighted by Gasteiger charge is 2.10. The van der Waals surface area contributed by atoms with Gasteiger partial charge >= 0.3 is 6.03 Å². The van der Waals surface area contributed by atoms with E-state index in [1.54, 1.807) is 18.2 Å². The van der Waals surface area contributed by atoms with Crippen LogP contribution in [0.25, 0.3) is 0 Å². The van der Waals surface area contributed by atoms with Crippen molar-refractivity contribution in [2.45, 2.75) is 24.8 Å². The third kappa shape index (κ3) is 5.85. The molecule has 0 unspecified atom stereocenters. The van der Waals surface area contributed by atoms with E-state index in [9.17, 15) is 9.59 Å². The van der Waals surface area contributed by atoms with Crippen molar-refractivity contribution in [3.8, 4) is 0 Å². The van der Waals surface area contributed by atoms with Crippen LogP contribution in [0.2, 0.25) is 5.02 Å². The predicted molar refractivity (Wildman–Crippen MR) is 78.4 cm³/mol. The van der Waals surface area contributed by atoms with Gasteiger partial charge in [-0.15, -0.1) is 11.8 Å². The van der Waals surface area contributed by atoms with Gasteiger partial charge in [-0.05, 0) is 32.0 Å². The molecule has 0 aliphatic heterocycles. The Kier molecular flexibility index (Phi) is 5.98. The normalized spacial score (nSPS) is 10.3. The number of carbonyl (C=O) groups is 2. The number of anilines is 1. The molecule has 0 spiro atoms. The first-order valence-corrected chi connectivity index (χ1v) is 7.03. The van der Waals surface area contributed by atoms with Crippen molar-refractivity contribution in [3.05, 3.63) is 23.2 Å². The quantitative estimate of drug-likeness (QED) is 0.588. The van der Waals surface area contributed by atoms with Crippen molar-refractivity contribution in [2.75, 3.05) is 11.5 Å². The number of halogens is 1. The molecular weight excluding hydrogens is 286 g/mol. The molecule has 4 N–H and O–H groups in total. The molecule has 104 valence electrons. The number of thioether (sulfide) groups is 1. The van der Waals surface area contributed by atoms with Crippen molar-refractivity contribution < 1.29 is 9.59 Å². The lowest BCUT2D eigenvalue weighted by Crippen LogP contribution is -2.43. The summed E-state index contributed by atoms with van der Waals surface area (Å²) in [6.45, 7) is 3.63. The van der Waals surface area contributed by atoms with Crippen LogP contribution in [0.4, 0.5) is 10.5 Å². The summed E-state index contributed by atoms with van der Waals surface area (Å²) in [5.41, 5.74) is 6.27. The first kappa shape index (κ1) is 15.7. The van der Waals surface area contributed by atoms with Crippen LogP contribution in [0, 0.1) is 0 Å². The first-order chi connectivity index (χ1) is 8.88. The van der Waals surface area contributed by atoms with Gasteiger partial charge in [0.25, 0.3) is 0 Å². The lowest BCUT2D eigenvalue weighted by atomic mass is 10.3. The summed E-state index contributed by atoms with van der Waals surface area (Å²) in [7, 11) is 0. The maximum absolute atomic E-state index is 11.5. The Morgan fingerprint density at radius 2 is 2.11 bits per heavy atom. The molecule has 3 amide bonds. The molecule has 0 saturated heterocycles. The van der Waals surface area contributed by atoms with Gasteiger partial charge in [-0.2, -0.15) is 0 Å². The van der Waals surface area contributed by atoms with Crippen LogP contribution in [0.15, 0.2) is 23.1 Å². The summed E-state index contributed by atoms with van der Waals surface area (Å²) in [4.78, 5) is 23.6. The molecule has 0 aliphatic carbocycles. The molecule has 1 rings (SSSR count). The van der Waals surface area contributed by atoms with Gasteiger partial charge in [-0.1, -0.05) is 11.6 Å². The fraction of sp³-hybridized carbons (Fsp3) is 0.333. The molecule has 19 heavy (non-hydrogen) atoms. The number of nitrogens with one attached hydrogen (secondary N) is 2. The smallest absolute Gasteiger partial charge is 0.321 e. The second-order valence-corrected chi connectivity index (χ2v) is 5.60. The van der Waals surface area contributed by atoms with Crippen LogP contribution in [0.3, 0.4) is 0 Å². The average molecular weight is 302 g/mol. The van der Waals surface area contributed by atoms with E-state index in [1.165, 1.54) is 11.8 Å². The number of hydrogen-bond acceptors (Lipinski definition) is 4. The van der Waals surface area contributed by atoms with Crippen molar-refractivity contribution in [1.29, 1.82) is 0 Å². The number of urea groups is 1. The molecule has 0 bridgehead atoms. The molecule has 0 saturated carbocycles. The summed E-state index contributed by atoms with van der Waals surface area (Å²) in [6, 6.07) is 4.54. The standard InChI is InChI=1S/C12H16ClN3O2S/c1-7(2)15-12(18)16-11(17)6-19-10-4-3-8(13)5-9(10)14/h3-5,7H,6,14H2,1-2H3,(H2,15,16,17,18). The zero-order valence-corrected chi connectivity index (χ0v) is 12.3. The number of nitrogens with two attached hydrogens (primary N) is 1. The summed E-state index contributed by atoms with van der Waals surface area (Å²) in [5, 5.41) is 5.35. The van der Waals surface area contributed by atoms with Gasteiger partial charge < -0.3 is 11.1 Å². The highest BCUT2D eigenvalue weighted by molar-refractivity contribution is 8.00. The zero-order chi connectivity index (χ0) is 14.4. The Balaban J connectivity index is 2.44. The number of benzene rings is 1. The number of imide groups is 1. The van der Waals surface area contributed by atoms with Crippen molar-refractivity contribution >= 4 is 41.0 Å². The Morgan fingerprint density at radius 3 is 2.68 bits per heavy atom. The van der Waals surface area contributed by atoms with Crippen LogP contribution >= 0.6 is 23.4 Å². The van der Waals surface area contributed by atoms with E-state index in [0.717, 1.165) is 4.90 Å². The summed E-state index contributed by atoms with van der Waals surface area (Å²) in [5.74, 6) is -0.269. The number of rotatable bonds is 4. The van der Waals surface area contributed by atoms with Gasteiger partial charge in [-0.25, -0.2) is 4.79 Å². The lowest BCUT2D eigenvalue weighted by Gasteiger charge is -2.09. The molecule has 0 aliphatic rings. The summed E-state index contributed by atoms with van der Waals surface area (Å²) >= 11 is 7.02. The van der Waals surface area contributed by atoms with Gasteiger partial charge in [0.15, 0.2) is 0 Å². The SMILES string of the molecule is CC(C)NC(=O)NC(=O)CSc1ccc(Cl)cc1N. The first-order valence-electron chi connectivity index (χ1n) is 5.66. The van der Waals surface area contributed by atoms with Crippen LogP contribution in [0.1, 0.15) is 13.8 Å². The maximum atomic E-state index is 11.5. The predicted octanol–water partition coefficient (Wildman–Crippen LogP) is 2.25. The van der Waals surface area contributed by atoms with Crippen molar-refractivity contribution in [1.82, 2.24) is 10.6 Å². The molecule has 0 radical (unpaired) electrons. The number of carbonyl (C=O) groups excluding carboxylic acids is 2. The molecule has 1 aromatic rings. The fourth-order valence-corrected chi connectivity index (χ4v) is 2.18. The average Bonchev–Trinajstić information content (AvgIpc) is 2.26. The minimum atomic E-state index is -0.496. The fourth-order valence-electron chi connectivity index (χ4n) is 1.26. The largest absolute Gasteiger partial charge is 0.398 e. The molecule has 0 heterocycles. The van der Waals surface area contributed by atoms with E-state index < -0.39 is 6.03 Å². The van der Waals surface area contributed by atoms with Gasteiger partial charge in [0.05, 0.1) is 5.75 Å². The number of hydrogen-bond donors (Lipinski definition) is 3. The van der Waals surface area contributed by atoms with Crippen molar-refractivity contribution in [3.63, 3.8) is 0 Å².